The average Bonchev–Trinajstić information content (AvgIpc) is 3.19. The highest BCUT2D eigenvalue weighted by molar-refractivity contribution is 5.57. The summed E-state index contributed by atoms with van der Waals surface area (Å²) in [5.41, 5.74) is 4.95. The van der Waals surface area contributed by atoms with Crippen LogP contribution in [0.15, 0.2) is 46.9 Å². The Bertz CT molecular complexity index is 887. The standard InChI is InChI=1S/C21H23N3O2/c1-14(22-19-9-5-7-15-6-3-4-8-18(15)19)20-23-24-21(26-20)16-10-12-17(25-2)13-11-16/h5,7,9-14,22H,3-4,6,8H2,1-2H3. The van der Waals surface area contributed by atoms with E-state index in [4.69, 9.17) is 9.15 Å². The van der Waals surface area contributed by atoms with Crippen molar-refractivity contribution in [3.63, 3.8) is 0 Å². The van der Waals surface area contributed by atoms with Crippen LogP contribution in [0.5, 0.6) is 5.75 Å². The zero-order chi connectivity index (χ0) is 17.9. The highest BCUT2D eigenvalue weighted by Gasteiger charge is 2.18. The number of hydrogen-bond donors (Lipinski definition) is 1. The first-order chi connectivity index (χ1) is 12.7. The third-order valence-electron chi connectivity index (χ3n) is 4.92. The Labute approximate surface area is 153 Å². The van der Waals surface area contributed by atoms with Crippen molar-refractivity contribution in [2.24, 2.45) is 0 Å². The van der Waals surface area contributed by atoms with Crippen molar-refractivity contribution in [2.75, 3.05) is 12.4 Å². The van der Waals surface area contributed by atoms with Crippen LogP contribution < -0.4 is 10.1 Å². The van der Waals surface area contributed by atoms with Gasteiger partial charge in [0.2, 0.25) is 11.8 Å². The van der Waals surface area contributed by atoms with Crippen LogP contribution >= 0.6 is 0 Å². The summed E-state index contributed by atoms with van der Waals surface area (Å²) in [4.78, 5) is 0. The quantitative estimate of drug-likeness (QED) is 0.717. The molecule has 5 heteroatoms. The van der Waals surface area contributed by atoms with Gasteiger partial charge in [-0.05, 0) is 74.1 Å². The number of aryl methyl sites for hydroxylation is 1. The lowest BCUT2D eigenvalue weighted by Gasteiger charge is -2.21. The Hall–Kier alpha value is -2.82. The van der Waals surface area contributed by atoms with Crippen LogP contribution in [0.25, 0.3) is 11.5 Å². The Balaban J connectivity index is 1.52. The lowest BCUT2D eigenvalue weighted by atomic mass is 9.90. The van der Waals surface area contributed by atoms with Gasteiger partial charge in [0.1, 0.15) is 11.8 Å². The number of nitrogens with zero attached hydrogens (tertiary/aromatic N) is 2. The van der Waals surface area contributed by atoms with E-state index in [2.05, 4.69) is 33.7 Å². The molecule has 0 amide bonds. The maximum absolute atomic E-state index is 5.90. The molecule has 0 saturated heterocycles. The number of ether oxygens (including phenoxy) is 1. The van der Waals surface area contributed by atoms with Gasteiger partial charge in [-0.1, -0.05) is 12.1 Å². The van der Waals surface area contributed by atoms with Crippen LogP contribution in [-0.2, 0) is 12.8 Å². The average molecular weight is 349 g/mol. The SMILES string of the molecule is COc1ccc(-c2nnc(C(C)Nc3cccc4c3CCCC4)o2)cc1. The molecule has 1 aromatic heterocycles. The smallest absolute Gasteiger partial charge is 0.247 e. The van der Waals surface area contributed by atoms with E-state index in [0.29, 0.717) is 11.8 Å². The van der Waals surface area contributed by atoms with E-state index < -0.39 is 0 Å². The molecule has 1 aliphatic rings. The molecule has 26 heavy (non-hydrogen) atoms. The number of rotatable bonds is 5. The van der Waals surface area contributed by atoms with E-state index in [1.54, 1.807) is 7.11 Å². The minimum Gasteiger partial charge on any atom is -0.497 e. The minimum atomic E-state index is -0.0528. The largest absolute Gasteiger partial charge is 0.497 e. The molecule has 0 saturated carbocycles. The maximum atomic E-state index is 5.90. The second kappa shape index (κ2) is 7.20. The summed E-state index contributed by atoms with van der Waals surface area (Å²) >= 11 is 0. The summed E-state index contributed by atoms with van der Waals surface area (Å²) in [6.45, 7) is 2.05. The molecule has 4 rings (SSSR count). The second-order valence-corrected chi connectivity index (χ2v) is 6.69. The minimum absolute atomic E-state index is 0.0528. The fourth-order valence-corrected chi connectivity index (χ4v) is 3.47. The van der Waals surface area contributed by atoms with Gasteiger partial charge in [0.15, 0.2) is 0 Å². The molecule has 5 nitrogen and oxygen atoms in total. The first-order valence-electron chi connectivity index (χ1n) is 9.10. The van der Waals surface area contributed by atoms with Gasteiger partial charge >= 0.3 is 0 Å². The molecule has 0 fully saturated rings. The first kappa shape index (κ1) is 16.6. The molecule has 1 aliphatic carbocycles. The molecule has 0 radical (unpaired) electrons. The van der Waals surface area contributed by atoms with Gasteiger partial charge in [-0.15, -0.1) is 10.2 Å². The van der Waals surface area contributed by atoms with Crippen LogP contribution in [-0.4, -0.2) is 17.3 Å². The molecule has 1 unspecified atom stereocenters. The third-order valence-corrected chi connectivity index (χ3v) is 4.92. The van der Waals surface area contributed by atoms with Crippen molar-refractivity contribution in [2.45, 2.75) is 38.6 Å². The summed E-state index contributed by atoms with van der Waals surface area (Å²) in [6.07, 6.45) is 4.83. The molecular weight excluding hydrogens is 326 g/mol. The summed E-state index contributed by atoms with van der Waals surface area (Å²) in [6, 6.07) is 14.1. The molecule has 134 valence electrons. The topological polar surface area (TPSA) is 60.2 Å². The molecule has 1 heterocycles. The molecular formula is C21H23N3O2. The van der Waals surface area contributed by atoms with Gasteiger partial charge in [-0.3, -0.25) is 0 Å². The number of aromatic nitrogens is 2. The van der Waals surface area contributed by atoms with E-state index in [9.17, 15) is 0 Å². The normalized spacial score (nSPS) is 14.5. The number of methoxy groups -OCH3 is 1. The summed E-state index contributed by atoms with van der Waals surface area (Å²) in [7, 11) is 1.65. The number of anilines is 1. The summed E-state index contributed by atoms with van der Waals surface area (Å²) in [5, 5.41) is 12.0. The Morgan fingerprint density at radius 2 is 1.85 bits per heavy atom. The number of benzene rings is 2. The molecule has 2 aromatic carbocycles. The van der Waals surface area contributed by atoms with Crippen molar-refractivity contribution >= 4 is 5.69 Å². The zero-order valence-electron chi connectivity index (χ0n) is 15.2. The molecule has 1 N–H and O–H groups in total. The van der Waals surface area contributed by atoms with Gasteiger partial charge in [0.05, 0.1) is 7.11 Å². The Morgan fingerprint density at radius 1 is 1.04 bits per heavy atom. The highest BCUT2D eigenvalue weighted by Crippen LogP contribution is 2.31. The van der Waals surface area contributed by atoms with E-state index in [1.165, 1.54) is 36.1 Å². The lowest BCUT2D eigenvalue weighted by molar-refractivity contribution is 0.415. The van der Waals surface area contributed by atoms with Gasteiger partial charge in [0.25, 0.3) is 0 Å². The second-order valence-electron chi connectivity index (χ2n) is 6.69. The van der Waals surface area contributed by atoms with Gasteiger partial charge < -0.3 is 14.5 Å². The summed E-state index contributed by atoms with van der Waals surface area (Å²) < 4.78 is 11.1. The maximum Gasteiger partial charge on any atom is 0.247 e. The highest BCUT2D eigenvalue weighted by atomic mass is 16.5. The van der Waals surface area contributed by atoms with Gasteiger partial charge in [-0.2, -0.15) is 0 Å². The van der Waals surface area contributed by atoms with Crippen LogP contribution in [0, 0.1) is 0 Å². The lowest BCUT2D eigenvalue weighted by Crippen LogP contribution is -2.12. The zero-order valence-corrected chi connectivity index (χ0v) is 15.2. The molecule has 0 bridgehead atoms. The van der Waals surface area contributed by atoms with Crippen LogP contribution in [0.1, 0.15) is 42.8 Å². The number of hydrogen-bond acceptors (Lipinski definition) is 5. The van der Waals surface area contributed by atoms with Crippen LogP contribution in [0.3, 0.4) is 0 Å². The molecule has 0 aliphatic heterocycles. The fraction of sp³-hybridized carbons (Fsp3) is 0.333. The van der Waals surface area contributed by atoms with Crippen molar-refractivity contribution in [3.05, 3.63) is 59.5 Å². The molecule has 3 aromatic rings. The predicted octanol–water partition coefficient (Wildman–Crippen LogP) is 4.80. The Kier molecular flexibility index (Phi) is 4.61. The first-order valence-corrected chi connectivity index (χ1v) is 9.10. The van der Waals surface area contributed by atoms with E-state index in [1.807, 2.05) is 31.2 Å². The van der Waals surface area contributed by atoms with E-state index in [0.717, 1.165) is 17.7 Å². The molecule has 0 spiro atoms. The van der Waals surface area contributed by atoms with Crippen molar-refractivity contribution in [3.8, 4) is 17.2 Å². The van der Waals surface area contributed by atoms with Crippen molar-refractivity contribution in [1.29, 1.82) is 0 Å². The fourth-order valence-electron chi connectivity index (χ4n) is 3.47. The van der Waals surface area contributed by atoms with E-state index >= 15 is 0 Å². The molecule has 1 atom stereocenters. The monoisotopic (exact) mass is 349 g/mol. The summed E-state index contributed by atoms with van der Waals surface area (Å²) in [5.74, 6) is 1.91. The van der Waals surface area contributed by atoms with Crippen molar-refractivity contribution in [1.82, 2.24) is 10.2 Å². The van der Waals surface area contributed by atoms with Crippen molar-refractivity contribution < 1.29 is 9.15 Å². The number of fused-ring (bicyclic) bond motifs is 1. The van der Waals surface area contributed by atoms with Gasteiger partial charge in [0, 0.05) is 11.3 Å². The predicted molar refractivity (Wildman–Crippen MR) is 101 cm³/mol. The van der Waals surface area contributed by atoms with Crippen LogP contribution in [0.4, 0.5) is 5.69 Å². The van der Waals surface area contributed by atoms with E-state index in [-0.39, 0.29) is 6.04 Å². The third kappa shape index (κ3) is 3.29. The van der Waals surface area contributed by atoms with Gasteiger partial charge in [-0.25, -0.2) is 0 Å². The Morgan fingerprint density at radius 3 is 2.65 bits per heavy atom. The van der Waals surface area contributed by atoms with Crippen LogP contribution in [0.2, 0.25) is 0 Å². The number of nitrogens with one attached hydrogen (secondary N) is 1.